The van der Waals surface area contributed by atoms with Gasteiger partial charge in [-0.1, -0.05) is 24.4 Å². The van der Waals surface area contributed by atoms with Crippen molar-refractivity contribution in [3.8, 4) is 5.75 Å². The Kier molecular flexibility index (Phi) is 7.32. The van der Waals surface area contributed by atoms with Crippen LogP contribution in [0.4, 0.5) is 17.3 Å². The van der Waals surface area contributed by atoms with Gasteiger partial charge in [0.2, 0.25) is 5.95 Å². The number of ketones is 1. The number of nitrogens with one attached hydrogen (secondary N) is 2. The number of hydrogen-bond donors (Lipinski definition) is 2. The molecule has 0 spiro atoms. The van der Waals surface area contributed by atoms with E-state index < -0.39 is 0 Å². The standard InChI is InChI=1S/C31H38ClN7O3/c1-18-24-15-34-31(36-29(24)39(22-5-3-4-6-22)30(41)27(18)19(2)40)35-20-13-25(32)28-26(14-20)42-17-23-16-37(11-12-38(23)28)21-7-9-33-10-8-21/h13-15,21-23,33H,3-12,16-17H2,1-2H3,(H,34,35,36)/t23-/m1/s1. The molecular formula is C31H38ClN7O3. The summed E-state index contributed by atoms with van der Waals surface area (Å²) in [4.78, 5) is 40.4. The molecule has 2 saturated heterocycles. The molecule has 3 aliphatic heterocycles. The van der Waals surface area contributed by atoms with Crippen molar-refractivity contribution in [2.45, 2.75) is 70.5 Å². The molecule has 10 nitrogen and oxygen atoms in total. The largest absolute Gasteiger partial charge is 0.489 e. The minimum atomic E-state index is -0.260. The molecule has 0 amide bonds. The van der Waals surface area contributed by atoms with E-state index in [4.69, 9.17) is 21.3 Å². The van der Waals surface area contributed by atoms with Crippen LogP contribution in [0.3, 0.4) is 0 Å². The van der Waals surface area contributed by atoms with E-state index in [2.05, 4.69) is 25.4 Å². The number of benzene rings is 1. The van der Waals surface area contributed by atoms with Crippen molar-refractivity contribution in [1.82, 2.24) is 24.8 Å². The fraction of sp³-hybridized carbons (Fsp3) is 0.548. The minimum Gasteiger partial charge on any atom is -0.489 e. The average Bonchev–Trinajstić information content (AvgIpc) is 3.51. The van der Waals surface area contributed by atoms with Gasteiger partial charge in [-0.15, -0.1) is 0 Å². The van der Waals surface area contributed by atoms with E-state index in [9.17, 15) is 9.59 Å². The molecular weight excluding hydrogens is 554 g/mol. The Balaban J connectivity index is 1.18. The van der Waals surface area contributed by atoms with Crippen molar-refractivity contribution in [1.29, 1.82) is 0 Å². The van der Waals surface area contributed by atoms with Gasteiger partial charge in [0.05, 0.1) is 22.3 Å². The number of anilines is 3. The van der Waals surface area contributed by atoms with Crippen molar-refractivity contribution < 1.29 is 9.53 Å². The predicted molar refractivity (Wildman–Crippen MR) is 165 cm³/mol. The first-order valence-electron chi connectivity index (χ1n) is 15.3. The average molecular weight is 592 g/mol. The van der Waals surface area contributed by atoms with Crippen LogP contribution >= 0.6 is 11.6 Å². The molecule has 0 unspecified atom stereocenters. The summed E-state index contributed by atoms with van der Waals surface area (Å²) in [7, 11) is 0. The van der Waals surface area contributed by atoms with Gasteiger partial charge < -0.3 is 20.3 Å². The molecule has 222 valence electrons. The number of Topliss-reactive ketones (excluding diaryl/α,β-unsaturated/α-hetero) is 1. The van der Waals surface area contributed by atoms with E-state index in [1.54, 1.807) is 17.7 Å². The lowest BCUT2D eigenvalue weighted by molar-refractivity contribution is 0.101. The number of aryl methyl sites for hydroxylation is 1. The molecule has 1 aromatic carbocycles. The second kappa shape index (κ2) is 11.1. The molecule has 0 bridgehead atoms. The first-order valence-corrected chi connectivity index (χ1v) is 15.6. The molecule has 0 radical (unpaired) electrons. The monoisotopic (exact) mass is 591 g/mol. The number of pyridine rings is 1. The number of carbonyl (C=O) groups is 1. The van der Waals surface area contributed by atoms with E-state index in [-0.39, 0.29) is 29.0 Å². The Morgan fingerprint density at radius 1 is 1.10 bits per heavy atom. The maximum absolute atomic E-state index is 13.5. The first kappa shape index (κ1) is 27.6. The summed E-state index contributed by atoms with van der Waals surface area (Å²) in [5.74, 6) is 0.887. The van der Waals surface area contributed by atoms with Crippen LogP contribution in [0.1, 0.15) is 67.4 Å². The quantitative estimate of drug-likeness (QED) is 0.416. The number of ether oxygens (including phenoxy) is 1. The van der Waals surface area contributed by atoms with Crippen LogP contribution in [0.5, 0.6) is 5.75 Å². The zero-order chi connectivity index (χ0) is 29.0. The van der Waals surface area contributed by atoms with E-state index in [1.807, 2.05) is 12.1 Å². The number of fused-ring (bicyclic) bond motifs is 4. The number of nitrogens with zero attached hydrogens (tertiary/aromatic N) is 5. The van der Waals surface area contributed by atoms with Crippen molar-refractivity contribution in [3.63, 3.8) is 0 Å². The summed E-state index contributed by atoms with van der Waals surface area (Å²) in [5, 5.41) is 8.12. The summed E-state index contributed by atoms with van der Waals surface area (Å²) in [5.41, 5.74) is 2.82. The predicted octanol–water partition coefficient (Wildman–Crippen LogP) is 4.45. The second-order valence-electron chi connectivity index (χ2n) is 12.2. The fourth-order valence-corrected chi connectivity index (χ4v) is 7.80. The Morgan fingerprint density at radius 2 is 1.88 bits per heavy atom. The third kappa shape index (κ3) is 4.83. The van der Waals surface area contributed by atoms with Crippen LogP contribution in [-0.2, 0) is 0 Å². The second-order valence-corrected chi connectivity index (χ2v) is 12.6. The molecule has 3 fully saturated rings. The smallest absolute Gasteiger partial charge is 0.263 e. The number of piperazine rings is 1. The van der Waals surface area contributed by atoms with Gasteiger partial charge in [-0.3, -0.25) is 19.1 Å². The van der Waals surface area contributed by atoms with Crippen LogP contribution < -0.4 is 25.8 Å². The molecule has 11 heteroatoms. The Labute approximate surface area is 250 Å². The number of piperidine rings is 1. The number of rotatable bonds is 5. The number of carbonyl (C=O) groups excluding carboxylic acids is 1. The Bertz CT molecular complexity index is 1600. The fourth-order valence-electron chi connectivity index (χ4n) is 7.48. The van der Waals surface area contributed by atoms with E-state index in [1.165, 1.54) is 19.8 Å². The maximum atomic E-state index is 13.5. The highest BCUT2D eigenvalue weighted by Gasteiger charge is 2.37. The van der Waals surface area contributed by atoms with Gasteiger partial charge in [0.15, 0.2) is 5.78 Å². The summed E-state index contributed by atoms with van der Waals surface area (Å²) >= 11 is 6.91. The van der Waals surface area contributed by atoms with Crippen LogP contribution in [-0.4, -0.2) is 76.6 Å². The van der Waals surface area contributed by atoms with Crippen LogP contribution in [0.15, 0.2) is 23.1 Å². The van der Waals surface area contributed by atoms with Crippen LogP contribution in [0.2, 0.25) is 5.02 Å². The molecule has 1 saturated carbocycles. The highest BCUT2D eigenvalue weighted by atomic mass is 35.5. The van der Waals surface area contributed by atoms with E-state index >= 15 is 0 Å². The number of halogens is 1. The number of hydrogen-bond acceptors (Lipinski definition) is 9. The molecule has 7 rings (SSSR count). The minimum absolute atomic E-state index is 0.0243. The molecule has 42 heavy (non-hydrogen) atoms. The highest BCUT2D eigenvalue weighted by molar-refractivity contribution is 6.34. The lowest BCUT2D eigenvalue weighted by Gasteiger charge is -2.48. The molecule has 5 heterocycles. The van der Waals surface area contributed by atoms with Gasteiger partial charge in [0.1, 0.15) is 18.0 Å². The zero-order valence-electron chi connectivity index (χ0n) is 24.3. The topological polar surface area (TPSA) is 105 Å². The summed E-state index contributed by atoms with van der Waals surface area (Å²) in [6, 6.07) is 4.79. The van der Waals surface area contributed by atoms with Gasteiger partial charge in [0, 0.05) is 55.1 Å². The lowest BCUT2D eigenvalue weighted by Crippen LogP contribution is -2.60. The van der Waals surface area contributed by atoms with Gasteiger partial charge in [-0.05, 0) is 64.3 Å². The zero-order valence-corrected chi connectivity index (χ0v) is 25.0. The first-order chi connectivity index (χ1) is 20.4. The van der Waals surface area contributed by atoms with Gasteiger partial charge >= 0.3 is 0 Å². The number of aromatic nitrogens is 3. The van der Waals surface area contributed by atoms with Crippen LogP contribution in [0, 0.1) is 6.92 Å². The molecule has 4 aliphatic rings. The van der Waals surface area contributed by atoms with Crippen molar-refractivity contribution in [2.24, 2.45) is 0 Å². The summed E-state index contributed by atoms with van der Waals surface area (Å²) in [6.07, 6.45) is 8.01. The summed E-state index contributed by atoms with van der Waals surface area (Å²) in [6.45, 7) is 8.98. The van der Waals surface area contributed by atoms with Gasteiger partial charge in [-0.25, -0.2) is 4.98 Å². The van der Waals surface area contributed by atoms with Crippen molar-refractivity contribution in [2.75, 3.05) is 49.5 Å². The van der Waals surface area contributed by atoms with E-state index in [0.717, 1.165) is 80.9 Å². The SMILES string of the molecule is CC(=O)c1c(C)c2cnc(Nc3cc(Cl)c4c(c3)OC[C@H]3CN(C5CCNCC5)CCN43)nc2n(C2CCCC2)c1=O. The third-order valence-electron chi connectivity index (χ3n) is 9.59. The van der Waals surface area contributed by atoms with Crippen molar-refractivity contribution >= 4 is 45.7 Å². The molecule has 1 aliphatic carbocycles. The highest BCUT2D eigenvalue weighted by Crippen LogP contribution is 2.44. The third-order valence-corrected chi connectivity index (χ3v) is 9.88. The Morgan fingerprint density at radius 3 is 2.64 bits per heavy atom. The maximum Gasteiger partial charge on any atom is 0.263 e. The lowest BCUT2D eigenvalue weighted by atomic mass is 10.0. The molecule has 1 atom stereocenters. The van der Waals surface area contributed by atoms with Crippen LogP contribution in [0.25, 0.3) is 11.0 Å². The van der Waals surface area contributed by atoms with Crippen molar-refractivity contribution in [3.05, 3.63) is 44.8 Å². The molecule has 2 N–H and O–H groups in total. The van der Waals surface area contributed by atoms with Gasteiger partial charge in [-0.2, -0.15) is 4.98 Å². The van der Waals surface area contributed by atoms with Gasteiger partial charge in [0.25, 0.3) is 5.56 Å². The summed E-state index contributed by atoms with van der Waals surface area (Å²) < 4.78 is 8.02. The molecule has 3 aromatic rings. The Hall–Kier alpha value is -3.21. The van der Waals surface area contributed by atoms with E-state index in [0.29, 0.717) is 34.8 Å². The normalized spacial score (nSPS) is 21.7. The molecule has 2 aromatic heterocycles.